The summed E-state index contributed by atoms with van der Waals surface area (Å²) in [4.78, 5) is 2.48. The third kappa shape index (κ3) is 5.13. The first-order chi connectivity index (χ1) is 31.3. The van der Waals surface area contributed by atoms with E-state index >= 15 is 0 Å². The van der Waals surface area contributed by atoms with Crippen LogP contribution < -0.4 is 4.90 Å². The van der Waals surface area contributed by atoms with Gasteiger partial charge in [0.05, 0.1) is 27.8 Å². The molecule has 0 saturated carbocycles. The molecule has 2 nitrogen and oxygen atoms in total. The minimum Gasteiger partial charge on any atom is -0.310 e. The highest BCUT2D eigenvalue weighted by atomic mass is 15.1. The maximum absolute atomic E-state index is 2.52. The van der Waals surface area contributed by atoms with Crippen molar-refractivity contribution in [1.29, 1.82) is 0 Å². The number of fused-ring (bicyclic) bond motifs is 12. The van der Waals surface area contributed by atoms with Gasteiger partial charge in [0.2, 0.25) is 0 Å². The van der Waals surface area contributed by atoms with Gasteiger partial charge in [-0.3, -0.25) is 0 Å². The average molecular weight is 801 g/mol. The van der Waals surface area contributed by atoms with E-state index in [2.05, 4.69) is 252 Å². The van der Waals surface area contributed by atoms with E-state index in [0.29, 0.717) is 0 Å². The summed E-state index contributed by atoms with van der Waals surface area (Å²) in [6.45, 7) is 0. The zero-order valence-electron chi connectivity index (χ0n) is 34.5. The molecule has 63 heavy (non-hydrogen) atoms. The highest BCUT2D eigenvalue weighted by Gasteiger charge is 2.51. The number of hydrogen-bond acceptors (Lipinski definition) is 1. The minimum atomic E-state index is -0.518. The molecule has 1 aliphatic carbocycles. The number of nitrogens with zero attached hydrogens (tertiary/aromatic N) is 2. The molecule has 1 aromatic heterocycles. The number of para-hydroxylation sites is 4. The van der Waals surface area contributed by atoms with Gasteiger partial charge in [0.25, 0.3) is 0 Å². The van der Waals surface area contributed by atoms with Gasteiger partial charge in [-0.2, -0.15) is 0 Å². The van der Waals surface area contributed by atoms with Gasteiger partial charge in [-0.25, -0.2) is 0 Å². The summed E-state index contributed by atoms with van der Waals surface area (Å²) in [5.74, 6) is 0. The maximum atomic E-state index is 2.52. The summed E-state index contributed by atoms with van der Waals surface area (Å²) in [7, 11) is 0. The maximum Gasteiger partial charge on any atom is 0.0754 e. The fourth-order valence-corrected chi connectivity index (χ4v) is 11.1. The third-order valence-electron chi connectivity index (χ3n) is 13.6. The number of aromatic nitrogens is 1. The monoisotopic (exact) mass is 800 g/mol. The highest BCUT2D eigenvalue weighted by molar-refractivity contribution is 6.13. The smallest absolute Gasteiger partial charge is 0.0754 e. The predicted molar refractivity (Wildman–Crippen MR) is 263 cm³/mol. The second-order valence-corrected chi connectivity index (χ2v) is 16.8. The van der Waals surface area contributed by atoms with Crippen LogP contribution in [-0.4, -0.2) is 4.57 Å². The van der Waals surface area contributed by atoms with Crippen molar-refractivity contribution in [2.75, 3.05) is 4.90 Å². The SMILES string of the molecule is c1ccc(-c2cccc(N(c3ccc4c(c3)-c3ccccc3C43c4ccccc4-n4c5ccccc5c5cccc3c54)c3ccccc3-c3ccccc3-c3ccccc3)c2)cc1. The number of anilines is 3. The van der Waals surface area contributed by atoms with Gasteiger partial charge < -0.3 is 9.47 Å². The van der Waals surface area contributed by atoms with Crippen LogP contribution in [0.1, 0.15) is 22.3 Å². The molecule has 0 saturated heterocycles. The van der Waals surface area contributed by atoms with E-state index in [0.717, 1.165) is 17.1 Å². The molecule has 11 aromatic rings. The molecule has 13 rings (SSSR count). The molecule has 2 aliphatic rings. The minimum absolute atomic E-state index is 0.518. The summed E-state index contributed by atoms with van der Waals surface area (Å²) in [6, 6.07) is 89.6. The van der Waals surface area contributed by atoms with Crippen LogP contribution in [0.15, 0.2) is 243 Å². The lowest BCUT2D eigenvalue weighted by Crippen LogP contribution is -2.33. The van der Waals surface area contributed by atoms with Crippen molar-refractivity contribution in [3.63, 3.8) is 0 Å². The van der Waals surface area contributed by atoms with Gasteiger partial charge in [-0.15, -0.1) is 0 Å². The Morgan fingerprint density at radius 2 is 0.889 bits per heavy atom. The largest absolute Gasteiger partial charge is 0.310 e. The van der Waals surface area contributed by atoms with Gasteiger partial charge in [0.15, 0.2) is 0 Å². The Morgan fingerprint density at radius 1 is 0.317 bits per heavy atom. The van der Waals surface area contributed by atoms with Crippen molar-refractivity contribution in [3.8, 4) is 50.2 Å². The lowest BCUT2D eigenvalue weighted by Gasteiger charge is -2.39. The van der Waals surface area contributed by atoms with E-state index in [1.165, 1.54) is 94.3 Å². The Balaban J connectivity index is 1.08. The van der Waals surface area contributed by atoms with Crippen LogP contribution in [0.3, 0.4) is 0 Å². The number of hydrogen-bond donors (Lipinski definition) is 0. The molecule has 0 N–H and O–H groups in total. The number of benzene rings is 10. The summed E-state index contributed by atoms with van der Waals surface area (Å²) in [5, 5.41) is 2.57. The van der Waals surface area contributed by atoms with E-state index in [4.69, 9.17) is 0 Å². The Labute approximate surface area is 367 Å². The van der Waals surface area contributed by atoms with Crippen LogP contribution in [0.4, 0.5) is 17.1 Å². The van der Waals surface area contributed by atoms with E-state index in [9.17, 15) is 0 Å². The van der Waals surface area contributed by atoms with Gasteiger partial charge >= 0.3 is 0 Å². The van der Waals surface area contributed by atoms with Crippen LogP contribution in [0.2, 0.25) is 0 Å². The van der Waals surface area contributed by atoms with E-state index in [1.54, 1.807) is 0 Å². The van der Waals surface area contributed by atoms with Crippen LogP contribution in [0.5, 0.6) is 0 Å². The first-order valence-electron chi connectivity index (χ1n) is 21.9. The van der Waals surface area contributed by atoms with Crippen LogP contribution in [-0.2, 0) is 5.41 Å². The summed E-state index contributed by atoms with van der Waals surface area (Å²) >= 11 is 0. The Morgan fingerprint density at radius 3 is 1.73 bits per heavy atom. The molecule has 1 spiro atoms. The topological polar surface area (TPSA) is 8.17 Å². The van der Waals surface area contributed by atoms with Gasteiger partial charge in [0, 0.05) is 27.7 Å². The number of rotatable bonds is 6. The fourth-order valence-electron chi connectivity index (χ4n) is 11.1. The molecule has 2 heterocycles. The standard InChI is InChI=1S/C61H40N2/c1-3-19-41(20-4-1)43-23-17-24-44(39-43)62(57-34-14-10-28-49(57)47-26-8-7-25-46(47)42-21-5-2-6-22-42)45-37-38-54-52(40-45)48-27-9-12-31-53(48)61(54)55-32-13-16-36-59(55)63-58-35-15-11-29-50(58)51-30-18-33-56(61)60(51)63/h1-40H. The van der Waals surface area contributed by atoms with E-state index in [1.807, 2.05) is 0 Å². The molecule has 1 unspecified atom stereocenters. The molecule has 1 atom stereocenters. The summed E-state index contributed by atoms with van der Waals surface area (Å²) in [5.41, 5.74) is 21.5. The van der Waals surface area contributed by atoms with Gasteiger partial charge in [-0.05, 0) is 104 Å². The molecule has 0 bridgehead atoms. The highest BCUT2D eigenvalue weighted by Crippen LogP contribution is 2.62. The molecule has 294 valence electrons. The molecule has 10 aromatic carbocycles. The fraction of sp³-hybridized carbons (Fsp3) is 0.0164. The second kappa shape index (κ2) is 13.9. The first-order valence-corrected chi connectivity index (χ1v) is 21.9. The van der Waals surface area contributed by atoms with Crippen molar-refractivity contribution in [3.05, 3.63) is 265 Å². The first kappa shape index (κ1) is 35.5. The molecule has 0 amide bonds. The van der Waals surface area contributed by atoms with Gasteiger partial charge in [-0.1, -0.05) is 200 Å². The van der Waals surface area contributed by atoms with Crippen LogP contribution in [0.25, 0.3) is 72.0 Å². The Hall–Kier alpha value is -8.20. The predicted octanol–water partition coefficient (Wildman–Crippen LogP) is 15.9. The zero-order valence-corrected chi connectivity index (χ0v) is 34.5. The van der Waals surface area contributed by atoms with E-state index in [-0.39, 0.29) is 0 Å². The van der Waals surface area contributed by atoms with Gasteiger partial charge in [0.1, 0.15) is 0 Å². The quantitative estimate of drug-likeness (QED) is 0.163. The Bertz CT molecular complexity index is 3580. The van der Waals surface area contributed by atoms with E-state index < -0.39 is 5.41 Å². The normalized spacial score (nSPS) is 14.4. The average Bonchev–Trinajstić information content (AvgIpc) is 3.85. The Kier molecular flexibility index (Phi) is 7.85. The molecular weight excluding hydrogens is 761 g/mol. The van der Waals surface area contributed by atoms with Crippen molar-refractivity contribution >= 4 is 38.9 Å². The van der Waals surface area contributed by atoms with Crippen molar-refractivity contribution in [2.24, 2.45) is 0 Å². The van der Waals surface area contributed by atoms with Crippen molar-refractivity contribution < 1.29 is 0 Å². The molecular formula is C61H40N2. The molecule has 0 radical (unpaired) electrons. The lowest BCUT2D eigenvalue weighted by atomic mass is 9.65. The summed E-state index contributed by atoms with van der Waals surface area (Å²) in [6.07, 6.45) is 0. The molecule has 2 heteroatoms. The van der Waals surface area contributed by atoms with Crippen LogP contribution >= 0.6 is 0 Å². The zero-order chi connectivity index (χ0) is 41.5. The molecule has 1 aliphatic heterocycles. The third-order valence-corrected chi connectivity index (χ3v) is 13.6. The lowest BCUT2D eigenvalue weighted by molar-refractivity contribution is 0.748. The van der Waals surface area contributed by atoms with Crippen molar-refractivity contribution in [2.45, 2.75) is 5.41 Å². The second-order valence-electron chi connectivity index (χ2n) is 16.8. The summed E-state index contributed by atoms with van der Waals surface area (Å²) < 4.78 is 2.52. The van der Waals surface area contributed by atoms with Crippen LogP contribution in [0, 0.1) is 0 Å². The molecule has 0 fully saturated rings. The van der Waals surface area contributed by atoms with Crippen molar-refractivity contribution in [1.82, 2.24) is 4.57 Å².